The van der Waals surface area contributed by atoms with Crippen LogP contribution in [0.25, 0.3) is 0 Å². The lowest BCUT2D eigenvalue weighted by molar-refractivity contribution is 0.0891. The molecule has 0 bridgehead atoms. The van der Waals surface area contributed by atoms with Crippen LogP contribution in [0.4, 0.5) is 5.82 Å². The van der Waals surface area contributed by atoms with Crippen molar-refractivity contribution in [3.63, 3.8) is 0 Å². The molecule has 2 heterocycles. The fourth-order valence-corrected chi connectivity index (χ4v) is 3.12. The number of aromatic nitrogens is 2. The number of piperidine rings is 1. The molecule has 1 aliphatic heterocycles. The smallest absolute Gasteiger partial charge is 0.329 e. The predicted molar refractivity (Wildman–Crippen MR) is 89.7 cm³/mol. The summed E-state index contributed by atoms with van der Waals surface area (Å²) >= 11 is 0. The quantitative estimate of drug-likeness (QED) is 0.777. The van der Waals surface area contributed by atoms with E-state index in [1.807, 2.05) is 18.7 Å². The first-order valence-electron chi connectivity index (χ1n) is 8.17. The number of anilines is 1. The van der Waals surface area contributed by atoms with Gasteiger partial charge in [-0.25, -0.2) is 4.79 Å². The van der Waals surface area contributed by atoms with Crippen LogP contribution < -0.4 is 17.0 Å². The summed E-state index contributed by atoms with van der Waals surface area (Å²) in [5, 5.41) is 0. The van der Waals surface area contributed by atoms with Gasteiger partial charge in [-0.15, -0.1) is 0 Å². The number of ketones is 1. The molecule has 1 aromatic heterocycles. The molecule has 1 atom stereocenters. The maximum absolute atomic E-state index is 12.6. The monoisotopic (exact) mass is 322 g/mol. The third-order valence-corrected chi connectivity index (χ3v) is 4.17. The van der Waals surface area contributed by atoms with E-state index < -0.39 is 11.2 Å². The molecule has 7 nitrogen and oxygen atoms in total. The third-order valence-electron chi connectivity index (χ3n) is 4.17. The highest BCUT2D eigenvalue weighted by Crippen LogP contribution is 2.16. The molecule has 0 unspecified atom stereocenters. The van der Waals surface area contributed by atoms with Crippen molar-refractivity contribution in [3.05, 3.63) is 26.4 Å². The van der Waals surface area contributed by atoms with Crippen molar-refractivity contribution >= 4 is 11.6 Å². The van der Waals surface area contributed by atoms with Crippen molar-refractivity contribution in [2.75, 3.05) is 25.4 Å². The van der Waals surface area contributed by atoms with Gasteiger partial charge >= 0.3 is 5.69 Å². The van der Waals surface area contributed by atoms with Gasteiger partial charge in [0.1, 0.15) is 11.4 Å². The molecule has 2 rings (SSSR count). The summed E-state index contributed by atoms with van der Waals surface area (Å²) < 4.78 is 1.28. The molecule has 0 radical (unpaired) electrons. The SMILES string of the molecule is CC(C)Cn1c(N)c(C(=O)CN2CCC[C@@H](C)C2)c(=O)[nH]c1=O. The van der Waals surface area contributed by atoms with Gasteiger partial charge in [0.25, 0.3) is 5.56 Å². The van der Waals surface area contributed by atoms with Crippen molar-refractivity contribution in [2.24, 2.45) is 11.8 Å². The number of H-pyrrole nitrogens is 1. The zero-order valence-electron chi connectivity index (χ0n) is 14.1. The summed E-state index contributed by atoms with van der Waals surface area (Å²) in [6.07, 6.45) is 2.21. The first-order chi connectivity index (χ1) is 10.8. The van der Waals surface area contributed by atoms with Gasteiger partial charge < -0.3 is 5.73 Å². The molecule has 1 saturated heterocycles. The number of hydrogen-bond acceptors (Lipinski definition) is 5. The standard InChI is InChI=1S/C16H26N4O3/c1-10(2)7-20-14(17)13(15(22)18-16(20)23)12(21)9-19-6-4-5-11(3)8-19/h10-11H,4-9,17H2,1-3H3,(H,18,22,23)/t11-/m1/s1. The summed E-state index contributed by atoms with van der Waals surface area (Å²) in [6, 6.07) is 0. The number of nitrogens with zero attached hydrogens (tertiary/aromatic N) is 2. The second-order valence-corrected chi connectivity index (χ2v) is 6.93. The number of nitrogens with one attached hydrogen (secondary N) is 1. The normalized spacial score (nSPS) is 19.2. The van der Waals surface area contributed by atoms with E-state index in [0.29, 0.717) is 12.5 Å². The molecule has 128 valence electrons. The van der Waals surface area contributed by atoms with Crippen molar-refractivity contribution in [1.82, 2.24) is 14.5 Å². The molecule has 0 aliphatic carbocycles. The second-order valence-electron chi connectivity index (χ2n) is 6.93. The highest BCUT2D eigenvalue weighted by molar-refractivity contribution is 6.01. The van der Waals surface area contributed by atoms with Gasteiger partial charge in [0, 0.05) is 13.1 Å². The molecule has 3 N–H and O–H groups in total. The van der Waals surface area contributed by atoms with Crippen LogP contribution in [-0.4, -0.2) is 39.9 Å². The molecule has 23 heavy (non-hydrogen) atoms. The van der Waals surface area contributed by atoms with Gasteiger partial charge in [0.15, 0.2) is 5.78 Å². The second kappa shape index (κ2) is 7.12. The molecular formula is C16H26N4O3. The van der Waals surface area contributed by atoms with E-state index in [0.717, 1.165) is 25.9 Å². The minimum Gasteiger partial charge on any atom is -0.384 e. The lowest BCUT2D eigenvalue weighted by Crippen LogP contribution is -2.42. The molecule has 0 saturated carbocycles. The van der Waals surface area contributed by atoms with Crippen LogP contribution in [0.1, 0.15) is 44.0 Å². The summed E-state index contributed by atoms with van der Waals surface area (Å²) in [5.41, 5.74) is 4.62. The Morgan fingerprint density at radius 3 is 2.70 bits per heavy atom. The van der Waals surface area contributed by atoms with Crippen molar-refractivity contribution in [1.29, 1.82) is 0 Å². The summed E-state index contributed by atoms with van der Waals surface area (Å²) in [5.74, 6) is 0.367. The molecule has 0 spiro atoms. The molecule has 0 amide bonds. The Morgan fingerprint density at radius 1 is 1.39 bits per heavy atom. The van der Waals surface area contributed by atoms with E-state index in [4.69, 9.17) is 5.73 Å². The Kier molecular flexibility index (Phi) is 5.41. The van der Waals surface area contributed by atoms with Gasteiger partial charge in [-0.05, 0) is 31.2 Å². The van der Waals surface area contributed by atoms with Crippen molar-refractivity contribution in [3.8, 4) is 0 Å². The maximum Gasteiger partial charge on any atom is 0.329 e. The van der Waals surface area contributed by atoms with Crippen LogP contribution in [0.3, 0.4) is 0 Å². The summed E-state index contributed by atoms with van der Waals surface area (Å²) in [6.45, 7) is 8.25. The Balaban J connectivity index is 2.29. The number of Topliss-reactive ketones (excluding diaryl/α,β-unsaturated/α-hetero) is 1. The fraction of sp³-hybridized carbons (Fsp3) is 0.688. The highest BCUT2D eigenvalue weighted by Gasteiger charge is 2.24. The lowest BCUT2D eigenvalue weighted by atomic mass is 10.00. The Hall–Kier alpha value is -1.89. The molecule has 1 aliphatic rings. The average molecular weight is 322 g/mol. The van der Waals surface area contributed by atoms with Crippen LogP contribution in [0.15, 0.2) is 9.59 Å². The zero-order chi connectivity index (χ0) is 17.1. The first-order valence-corrected chi connectivity index (χ1v) is 8.17. The van der Waals surface area contributed by atoms with E-state index in [-0.39, 0.29) is 29.6 Å². The number of rotatable bonds is 5. The van der Waals surface area contributed by atoms with Crippen LogP contribution in [-0.2, 0) is 6.54 Å². The molecular weight excluding hydrogens is 296 g/mol. The Bertz CT molecular complexity index is 690. The lowest BCUT2D eigenvalue weighted by Gasteiger charge is -2.30. The number of hydrogen-bond donors (Lipinski definition) is 2. The van der Waals surface area contributed by atoms with E-state index in [2.05, 4.69) is 11.9 Å². The number of nitrogens with two attached hydrogens (primary N) is 1. The molecule has 0 aromatic carbocycles. The van der Waals surface area contributed by atoms with E-state index in [9.17, 15) is 14.4 Å². The Labute approximate surface area is 135 Å². The van der Waals surface area contributed by atoms with Gasteiger partial charge in [-0.3, -0.25) is 24.0 Å². The fourth-order valence-electron chi connectivity index (χ4n) is 3.12. The van der Waals surface area contributed by atoms with Crippen molar-refractivity contribution < 1.29 is 4.79 Å². The van der Waals surface area contributed by atoms with Crippen LogP contribution in [0, 0.1) is 11.8 Å². The van der Waals surface area contributed by atoms with Crippen molar-refractivity contribution in [2.45, 2.75) is 40.2 Å². The van der Waals surface area contributed by atoms with Crippen LogP contribution >= 0.6 is 0 Å². The summed E-state index contributed by atoms with van der Waals surface area (Å²) in [7, 11) is 0. The molecule has 7 heteroatoms. The minimum atomic E-state index is -0.692. The maximum atomic E-state index is 12.6. The first kappa shape index (κ1) is 17.5. The van der Waals surface area contributed by atoms with E-state index in [1.165, 1.54) is 4.57 Å². The van der Waals surface area contributed by atoms with Gasteiger partial charge in [-0.2, -0.15) is 0 Å². The van der Waals surface area contributed by atoms with Gasteiger partial charge in [0.05, 0.1) is 6.54 Å². The number of carbonyl (C=O) groups excluding carboxylic acids is 1. The Morgan fingerprint density at radius 2 is 2.09 bits per heavy atom. The van der Waals surface area contributed by atoms with Gasteiger partial charge in [-0.1, -0.05) is 20.8 Å². The van der Waals surface area contributed by atoms with E-state index >= 15 is 0 Å². The topological polar surface area (TPSA) is 101 Å². The number of carbonyl (C=O) groups is 1. The zero-order valence-corrected chi connectivity index (χ0v) is 14.1. The third kappa shape index (κ3) is 4.10. The summed E-state index contributed by atoms with van der Waals surface area (Å²) in [4.78, 5) is 40.8. The van der Waals surface area contributed by atoms with Gasteiger partial charge in [0.2, 0.25) is 0 Å². The van der Waals surface area contributed by atoms with E-state index in [1.54, 1.807) is 0 Å². The van der Waals surface area contributed by atoms with Crippen LogP contribution in [0.2, 0.25) is 0 Å². The predicted octanol–water partition coefficient (Wildman–Crippen LogP) is 0.689. The number of likely N-dealkylation sites (tertiary alicyclic amines) is 1. The number of aromatic amines is 1. The largest absolute Gasteiger partial charge is 0.384 e. The number of nitrogen functional groups attached to an aromatic ring is 1. The average Bonchev–Trinajstić information content (AvgIpc) is 2.43. The minimum absolute atomic E-state index is 0.0255. The highest BCUT2D eigenvalue weighted by atomic mass is 16.2. The molecule has 1 aromatic rings. The van der Waals surface area contributed by atoms with Crippen LogP contribution in [0.5, 0.6) is 0 Å². The molecule has 1 fully saturated rings.